The number of carbonyl (C=O) groups is 3. The molecule has 0 aromatic heterocycles. The van der Waals surface area contributed by atoms with Gasteiger partial charge in [-0.2, -0.15) is 0 Å². The van der Waals surface area contributed by atoms with Crippen LogP contribution in [0.1, 0.15) is 23.2 Å². The van der Waals surface area contributed by atoms with Crippen molar-refractivity contribution in [3.05, 3.63) is 35.9 Å². The highest BCUT2D eigenvalue weighted by Crippen LogP contribution is 1.96. The van der Waals surface area contributed by atoms with E-state index >= 15 is 0 Å². The zero-order chi connectivity index (χ0) is 12.0. The highest BCUT2D eigenvalue weighted by molar-refractivity contribution is 6.01. The molecule has 2 amide bonds. The number of imide groups is 1. The van der Waals surface area contributed by atoms with Gasteiger partial charge in [-0.05, 0) is 12.1 Å². The Labute approximate surface area is 92.1 Å². The molecule has 5 heteroatoms. The van der Waals surface area contributed by atoms with Crippen LogP contribution in [0.2, 0.25) is 0 Å². The molecule has 0 aliphatic carbocycles. The Morgan fingerprint density at radius 2 is 1.50 bits per heavy atom. The number of nitrogens with one attached hydrogen (secondary N) is 1. The second-order valence-electron chi connectivity index (χ2n) is 3.12. The van der Waals surface area contributed by atoms with Gasteiger partial charge < -0.3 is 0 Å². The molecular weight excluding hydrogens is 210 g/mol. The van der Waals surface area contributed by atoms with Gasteiger partial charge >= 0.3 is 5.97 Å². The summed E-state index contributed by atoms with van der Waals surface area (Å²) in [6.45, 7) is 0. The molecule has 1 heterocycles. The Kier molecular flexibility index (Phi) is 4.20. The van der Waals surface area contributed by atoms with Crippen LogP contribution in [-0.4, -0.2) is 17.8 Å². The third kappa shape index (κ3) is 3.91. The summed E-state index contributed by atoms with van der Waals surface area (Å²) >= 11 is 0. The lowest BCUT2D eigenvalue weighted by Gasteiger charge is -1.85. The van der Waals surface area contributed by atoms with Crippen molar-refractivity contribution >= 4 is 17.8 Å². The van der Waals surface area contributed by atoms with Crippen molar-refractivity contribution < 1.29 is 19.5 Å². The van der Waals surface area contributed by atoms with Gasteiger partial charge in [0, 0.05) is 12.8 Å². The standard InChI is InChI=1S/C7H5O2.C4H5NO2/c8-7(9)6-4-2-1-3-5-6;6-3-1-2-4(7)5-3/h1-5H;1-2H2,(H,5,6,7). The summed E-state index contributed by atoms with van der Waals surface area (Å²) < 4.78 is 0. The molecule has 0 spiro atoms. The zero-order valence-corrected chi connectivity index (χ0v) is 8.43. The van der Waals surface area contributed by atoms with Crippen LogP contribution in [0.3, 0.4) is 0 Å². The molecule has 16 heavy (non-hydrogen) atoms. The van der Waals surface area contributed by atoms with Gasteiger partial charge in [-0.3, -0.25) is 14.9 Å². The van der Waals surface area contributed by atoms with Crippen molar-refractivity contribution in [1.29, 1.82) is 0 Å². The Bertz CT molecular complexity index is 386. The maximum absolute atomic E-state index is 10.1. The molecule has 2 rings (SSSR count). The summed E-state index contributed by atoms with van der Waals surface area (Å²) in [6.07, 6.45) is 0.748. The van der Waals surface area contributed by atoms with E-state index in [0.29, 0.717) is 12.8 Å². The Balaban J connectivity index is 0.000000165. The van der Waals surface area contributed by atoms with Gasteiger partial charge in [0.1, 0.15) is 0 Å². The first-order valence-corrected chi connectivity index (χ1v) is 4.68. The van der Waals surface area contributed by atoms with Crippen LogP contribution in [0.15, 0.2) is 30.3 Å². The summed E-state index contributed by atoms with van der Waals surface area (Å²) in [7, 11) is 0. The number of carbonyl (C=O) groups excluding carboxylic acids is 3. The molecule has 0 atom stereocenters. The molecule has 1 aliphatic heterocycles. The molecule has 1 aliphatic rings. The maximum atomic E-state index is 10.1. The SMILES string of the molecule is O=C1CCC(=O)N1.[O]C(=O)c1ccccc1. The number of amides is 2. The van der Waals surface area contributed by atoms with E-state index in [0.717, 1.165) is 0 Å². The average molecular weight is 220 g/mol. The third-order valence-electron chi connectivity index (χ3n) is 1.87. The normalized spacial score (nSPS) is 13.8. The minimum Gasteiger partial charge on any atom is -0.296 e. The predicted molar refractivity (Wildman–Crippen MR) is 53.8 cm³/mol. The summed E-state index contributed by atoms with van der Waals surface area (Å²) in [5.74, 6) is -1.43. The van der Waals surface area contributed by atoms with Crippen molar-refractivity contribution in [3.63, 3.8) is 0 Å². The molecule has 0 bridgehead atoms. The van der Waals surface area contributed by atoms with Gasteiger partial charge in [0.15, 0.2) is 0 Å². The van der Waals surface area contributed by atoms with Crippen molar-refractivity contribution in [2.24, 2.45) is 0 Å². The fourth-order valence-corrected chi connectivity index (χ4v) is 1.08. The molecule has 1 fully saturated rings. The van der Waals surface area contributed by atoms with Crippen molar-refractivity contribution in [3.8, 4) is 0 Å². The van der Waals surface area contributed by atoms with Crippen molar-refractivity contribution in [1.82, 2.24) is 5.32 Å². The minimum absolute atomic E-state index is 0.148. The quantitative estimate of drug-likeness (QED) is 0.706. The second-order valence-corrected chi connectivity index (χ2v) is 3.12. The van der Waals surface area contributed by atoms with Crippen molar-refractivity contribution in [2.45, 2.75) is 12.8 Å². The first-order valence-electron chi connectivity index (χ1n) is 4.68. The van der Waals surface area contributed by atoms with E-state index in [4.69, 9.17) is 0 Å². The summed E-state index contributed by atoms with van der Waals surface area (Å²) in [5, 5.41) is 12.2. The lowest BCUT2D eigenvalue weighted by Crippen LogP contribution is -2.18. The number of hydrogen-bond acceptors (Lipinski definition) is 3. The molecule has 0 unspecified atom stereocenters. The summed E-state index contributed by atoms with van der Waals surface area (Å²) in [4.78, 5) is 30.3. The number of benzene rings is 1. The highest BCUT2D eigenvalue weighted by Gasteiger charge is 2.15. The van der Waals surface area contributed by atoms with Crippen LogP contribution in [0.5, 0.6) is 0 Å². The van der Waals surface area contributed by atoms with Gasteiger partial charge in [0.2, 0.25) is 11.8 Å². The summed E-state index contributed by atoms with van der Waals surface area (Å²) in [5.41, 5.74) is 0.220. The van der Waals surface area contributed by atoms with E-state index in [1.165, 1.54) is 12.1 Å². The average Bonchev–Trinajstić information content (AvgIpc) is 2.65. The smallest absolute Gasteiger partial charge is 0.296 e. The molecule has 5 nitrogen and oxygen atoms in total. The highest BCUT2D eigenvalue weighted by atomic mass is 16.4. The Morgan fingerprint density at radius 3 is 1.75 bits per heavy atom. The molecule has 1 saturated heterocycles. The Morgan fingerprint density at radius 1 is 1.00 bits per heavy atom. The van der Waals surface area contributed by atoms with E-state index in [1.807, 2.05) is 0 Å². The first kappa shape index (κ1) is 11.9. The number of rotatable bonds is 1. The topological polar surface area (TPSA) is 83.1 Å². The monoisotopic (exact) mass is 220 g/mol. The molecule has 1 aromatic rings. The second kappa shape index (κ2) is 5.65. The Hall–Kier alpha value is -2.17. The lowest BCUT2D eigenvalue weighted by atomic mass is 10.2. The molecule has 83 valence electrons. The van der Waals surface area contributed by atoms with E-state index < -0.39 is 5.97 Å². The van der Waals surface area contributed by atoms with Gasteiger partial charge in [0.25, 0.3) is 0 Å². The molecule has 0 saturated carbocycles. The largest absolute Gasteiger partial charge is 0.386 e. The lowest BCUT2D eigenvalue weighted by molar-refractivity contribution is -0.124. The van der Waals surface area contributed by atoms with Crippen LogP contribution >= 0.6 is 0 Å². The molecule has 1 aromatic carbocycles. The van der Waals surface area contributed by atoms with Crippen LogP contribution < -0.4 is 5.32 Å². The van der Waals surface area contributed by atoms with E-state index in [2.05, 4.69) is 5.32 Å². The minimum atomic E-state index is -1.13. The maximum Gasteiger partial charge on any atom is 0.386 e. The van der Waals surface area contributed by atoms with E-state index in [-0.39, 0.29) is 17.4 Å². The summed E-state index contributed by atoms with van der Waals surface area (Å²) in [6, 6.07) is 8.06. The van der Waals surface area contributed by atoms with Gasteiger partial charge in [-0.1, -0.05) is 18.2 Å². The van der Waals surface area contributed by atoms with Crippen LogP contribution in [-0.2, 0) is 14.7 Å². The number of hydrogen-bond donors (Lipinski definition) is 1. The van der Waals surface area contributed by atoms with Crippen LogP contribution in [0.4, 0.5) is 0 Å². The zero-order valence-electron chi connectivity index (χ0n) is 8.43. The van der Waals surface area contributed by atoms with Gasteiger partial charge in [-0.25, -0.2) is 9.90 Å². The fraction of sp³-hybridized carbons (Fsp3) is 0.182. The van der Waals surface area contributed by atoms with Crippen LogP contribution in [0, 0.1) is 0 Å². The van der Waals surface area contributed by atoms with Crippen molar-refractivity contribution in [2.75, 3.05) is 0 Å². The van der Waals surface area contributed by atoms with Crippen LogP contribution in [0.25, 0.3) is 0 Å². The van der Waals surface area contributed by atoms with E-state index in [9.17, 15) is 19.5 Å². The molecule has 1 radical (unpaired) electrons. The van der Waals surface area contributed by atoms with Gasteiger partial charge in [-0.15, -0.1) is 0 Å². The van der Waals surface area contributed by atoms with E-state index in [1.54, 1.807) is 18.2 Å². The first-order chi connectivity index (χ1) is 7.59. The predicted octanol–water partition coefficient (Wildman–Crippen LogP) is 0.680. The third-order valence-corrected chi connectivity index (χ3v) is 1.87. The molecular formula is C11H10NO4. The fourth-order valence-electron chi connectivity index (χ4n) is 1.08. The molecule has 1 N–H and O–H groups in total. The van der Waals surface area contributed by atoms with Gasteiger partial charge in [0.05, 0.1) is 5.56 Å².